The number of halogens is 2. The molecule has 12 heavy (non-hydrogen) atoms. The predicted molar refractivity (Wildman–Crippen MR) is 53.0 cm³/mol. The Hall–Kier alpha value is -0.370. The highest BCUT2D eigenvalue weighted by Crippen LogP contribution is 2.27. The molecule has 0 saturated heterocycles. The zero-order chi connectivity index (χ0) is 8.97. The summed E-state index contributed by atoms with van der Waals surface area (Å²) in [6.45, 7) is 2.12. The summed E-state index contributed by atoms with van der Waals surface area (Å²) < 4.78 is 12.7. The van der Waals surface area contributed by atoms with Crippen LogP contribution >= 0.6 is 15.9 Å². The smallest absolute Gasteiger partial charge is 0.123 e. The lowest BCUT2D eigenvalue weighted by Crippen LogP contribution is -1.89. The van der Waals surface area contributed by atoms with Crippen LogP contribution in [0.2, 0.25) is 0 Å². The zero-order valence-corrected chi connectivity index (χ0v) is 8.64. The maximum Gasteiger partial charge on any atom is 0.123 e. The van der Waals surface area contributed by atoms with Gasteiger partial charge in [0.1, 0.15) is 5.82 Å². The molecule has 1 rings (SSSR count). The third-order valence-corrected chi connectivity index (χ3v) is 2.74. The molecule has 0 aliphatic carbocycles. The minimum Gasteiger partial charge on any atom is -0.207 e. The van der Waals surface area contributed by atoms with E-state index in [0.29, 0.717) is 0 Å². The summed E-state index contributed by atoms with van der Waals surface area (Å²) in [5.74, 6) is -0.159. The highest BCUT2D eigenvalue weighted by Gasteiger charge is 2.05. The lowest BCUT2D eigenvalue weighted by molar-refractivity contribution is 0.624. The van der Waals surface area contributed by atoms with E-state index in [0.717, 1.165) is 18.4 Å². The second-order valence-corrected chi connectivity index (χ2v) is 3.92. The van der Waals surface area contributed by atoms with Crippen LogP contribution in [0.4, 0.5) is 4.39 Å². The van der Waals surface area contributed by atoms with E-state index in [1.807, 2.05) is 6.07 Å². The van der Waals surface area contributed by atoms with Crippen molar-refractivity contribution in [2.45, 2.75) is 24.6 Å². The van der Waals surface area contributed by atoms with Crippen LogP contribution in [0.15, 0.2) is 24.3 Å². The molecule has 0 fully saturated rings. The Labute approximate surface area is 80.9 Å². The van der Waals surface area contributed by atoms with Gasteiger partial charge < -0.3 is 0 Å². The first-order valence-corrected chi connectivity index (χ1v) is 5.05. The Morgan fingerprint density at radius 3 is 2.83 bits per heavy atom. The normalized spacial score (nSPS) is 12.9. The second-order valence-electron chi connectivity index (χ2n) is 2.81. The van der Waals surface area contributed by atoms with Crippen molar-refractivity contribution < 1.29 is 4.39 Å². The van der Waals surface area contributed by atoms with Gasteiger partial charge in [-0.15, -0.1) is 0 Å². The number of alkyl halides is 1. The largest absolute Gasteiger partial charge is 0.207 e. The summed E-state index contributed by atoms with van der Waals surface area (Å²) in [6.07, 6.45) is 2.15. The van der Waals surface area contributed by atoms with Gasteiger partial charge in [0, 0.05) is 4.83 Å². The fraction of sp³-hybridized carbons (Fsp3) is 0.400. The van der Waals surface area contributed by atoms with Gasteiger partial charge in [-0.2, -0.15) is 0 Å². The van der Waals surface area contributed by atoms with E-state index in [9.17, 15) is 4.39 Å². The number of rotatable bonds is 3. The molecule has 0 aliphatic rings. The molecule has 1 aromatic carbocycles. The van der Waals surface area contributed by atoms with E-state index in [2.05, 4.69) is 22.9 Å². The molecule has 0 heterocycles. The number of hydrogen-bond acceptors (Lipinski definition) is 0. The predicted octanol–water partition coefficient (Wildman–Crippen LogP) is 4.06. The molecule has 0 saturated carbocycles. The Kier molecular flexibility index (Phi) is 3.73. The maximum atomic E-state index is 12.7. The van der Waals surface area contributed by atoms with Crippen molar-refractivity contribution in [1.82, 2.24) is 0 Å². The number of benzene rings is 1. The fourth-order valence-corrected chi connectivity index (χ4v) is 1.86. The Bertz CT molecular complexity index is 247. The molecule has 66 valence electrons. The van der Waals surface area contributed by atoms with E-state index < -0.39 is 0 Å². The lowest BCUT2D eigenvalue weighted by Gasteiger charge is -2.07. The zero-order valence-electron chi connectivity index (χ0n) is 7.06. The van der Waals surface area contributed by atoms with Gasteiger partial charge in [0.05, 0.1) is 0 Å². The van der Waals surface area contributed by atoms with Crippen LogP contribution in [0, 0.1) is 5.82 Å². The third-order valence-electron chi connectivity index (χ3n) is 1.75. The monoisotopic (exact) mass is 230 g/mol. The van der Waals surface area contributed by atoms with E-state index >= 15 is 0 Å². The highest BCUT2D eigenvalue weighted by molar-refractivity contribution is 9.09. The van der Waals surface area contributed by atoms with Gasteiger partial charge in [0.2, 0.25) is 0 Å². The first kappa shape index (κ1) is 9.72. The maximum absolute atomic E-state index is 12.7. The standard InChI is InChI=1S/C10H12BrF/c1-2-4-10(11)8-5-3-6-9(12)7-8/h3,5-7,10H,2,4H2,1H3. The van der Waals surface area contributed by atoms with Crippen molar-refractivity contribution in [3.63, 3.8) is 0 Å². The van der Waals surface area contributed by atoms with Crippen LogP contribution in [0.5, 0.6) is 0 Å². The summed E-state index contributed by atoms with van der Waals surface area (Å²) in [5, 5.41) is 0. The Morgan fingerprint density at radius 2 is 2.25 bits per heavy atom. The van der Waals surface area contributed by atoms with E-state index in [-0.39, 0.29) is 10.6 Å². The van der Waals surface area contributed by atoms with Crippen molar-refractivity contribution in [3.8, 4) is 0 Å². The van der Waals surface area contributed by atoms with Crippen molar-refractivity contribution in [3.05, 3.63) is 35.6 Å². The molecule has 1 unspecified atom stereocenters. The topological polar surface area (TPSA) is 0 Å². The minimum atomic E-state index is -0.159. The first-order chi connectivity index (χ1) is 5.74. The van der Waals surface area contributed by atoms with Crippen LogP contribution in [0.1, 0.15) is 30.2 Å². The quantitative estimate of drug-likeness (QED) is 0.688. The average molecular weight is 231 g/mol. The summed E-state index contributed by atoms with van der Waals surface area (Å²) in [7, 11) is 0. The van der Waals surface area contributed by atoms with Crippen LogP contribution in [0.3, 0.4) is 0 Å². The second kappa shape index (κ2) is 4.61. The van der Waals surface area contributed by atoms with Gasteiger partial charge in [-0.05, 0) is 24.1 Å². The van der Waals surface area contributed by atoms with E-state index in [1.54, 1.807) is 12.1 Å². The van der Waals surface area contributed by atoms with Crippen molar-refractivity contribution in [1.29, 1.82) is 0 Å². The fourth-order valence-electron chi connectivity index (χ4n) is 1.12. The molecule has 0 radical (unpaired) electrons. The Morgan fingerprint density at radius 1 is 1.50 bits per heavy atom. The summed E-state index contributed by atoms with van der Waals surface area (Å²) in [4.78, 5) is 0.290. The molecular weight excluding hydrogens is 219 g/mol. The van der Waals surface area contributed by atoms with Gasteiger partial charge in [-0.3, -0.25) is 0 Å². The van der Waals surface area contributed by atoms with Crippen molar-refractivity contribution in [2.75, 3.05) is 0 Å². The van der Waals surface area contributed by atoms with Gasteiger partial charge >= 0.3 is 0 Å². The average Bonchev–Trinajstić information content (AvgIpc) is 2.05. The first-order valence-electron chi connectivity index (χ1n) is 4.13. The molecule has 1 atom stereocenters. The van der Waals surface area contributed by atoms with Crippen molar-refractivity contribution >= 4 is 15.9 Å². The van der Waals surface area contributed by atoms with E-state index in [1.165, 1.54) is 6.07 Å². The molecule has 0 aromatic heterocycles. The summed E-state index contributed by atoms with van der Waals surface area (Å²) in [6, 6.07) is 6.73. The Balaban J connectivity index is 2.73. The van der Waals surface area contributed by atoms with Gasteiger partial charge in [0.25, 0.3) is 0 Å². The SMILES string of the molecule is CCCC(Br)c1cccc(F)c1. The van der Waals surface area contributed by atoms with Gasteiger partial charge in [-0.25, -0.2) is 4.39 Å². The summed E-state index contributed by atoms with van der Waals surface area (Å²) in [5.41, 5.74) is 1.02. The summed E-state index contributed by atoms with van der Waals surface area (Å²) >= 11 is 3.51. The third kappa shape index (κ3) is 2.59. The molecule has 0 aliphatic heterocycles. The molecule has 0 amide bonds. The molecule has 0 spiro atoms. The van der Waals surface area contributed by atoms with Gasteiger partial charge in [0.15, 0.2) is 0 Å². The van der Waals surface area contributed by atoms with Crippen LogP contribution < -0.4 is 0 Å². The molecular formula is C10H12BrF. The van der Waals surface area contributed by atoms with Crippen LogP contribution in [0.25, 0.3) is 0 Å². The minimum absolute atomic E-state index is 0.159. The lowest BCUT2D eigenvalue weighted by atomic mass is 10.1. The molecule has 2 heteroatoms. The van der Waals surface area contributed by atoms with Crippen molar-refractivity contribution in [2.24, 2.45) is 0 Å². The van der Waals surface area contributed by atoms with Crippen LogP contribution in [-0.2, 0) is 0 Å². The highest BCUT2D eigenvalue weighted by atomic mass is 79.9. The van der Waals surface area contributed by atoms with Crippen LogP contribution in [-0.4, -0.2) is 0 Å². The molecule has 0 N–H and O–H groups in total. The van der Waals surface area contributed by atoms with E-state index in [4.69, 9.17) is 0 Å². The number of hydrogen-bond donors (Lipinski definition) is 0. The molecule has 0 nitrogen and oxygen atoms in total. The molecule has 0 bridgehead atoms. The molecule has 1 aromatic rings. The van der Waals surface area contributed by atoms with Gasteiger partial charge in [-0.1, -0.05) is 41.4 Å².